The molecule has 82 valence electrons. The lowest BCUT2D eigenvalue weighted by molar-refractivity contribution is 0.218. The Bertz CT molecular complexity index is 334. The Morgan fingerprint density at radius 3 is 2.67 bits per heavy atom. The van der Waals surface area contributed by atoms with Crippen molar-refractivity contribution in [1.29, 1.82) is 0 Å². The van der Waals surface area contributed by atoms with E-state index in [-0.39, 0.29) is 5.82 Å². The third-order valence-corrected chi connectivity index (χ3v) is 3.09. The summed E-state index contributed by atoms with van der Waals surface area (Å²) in [6.07, 6.45) is 3.75. The summed E-state index contributed by atoms with van der Waals surface area (Å²) in [5.74, 6) is -0.148. The van der Waals surface area contributed by atoms with Gasteiger partial charge >= 0.3 is 0 Å². The molecule has 0 amide bonds. The van der Waals surface area contributed by atoms with Crippen LogP contribution in [0.5, 0.6) is 0 Å². The van der Waals surface area contributed by atoms with Gasteiger partial charge in [0.25, 0.3) is 0 Å². The molecule has 1 heterocycles. The summed E-state index contributed by atoms with van der Waals surface area (Å²) in [5.41, 5.74) is 0.712. The Morgan fingerprint density at radius 2 is 1.93 bits per heavy atom. The Labute approximate surface area is 94.8 Å². The zero-order valence-corrected chi connectivity index (χ0v) is 9.43. The minimum absolute atomic E-state index is 0.148. The predicted octanol–water partition coefficient (Wildman–Crippen LogP) is 3.47. The molecule has 0 spiro atoms. The molecule has 0 unspecified atom stereocenters. The Morgan fingerprint density at radius 1 is 1.20 bits per heavy atom. The highest BCUT2D eigenvalue weighted by atomic mass is 35.5. The standard InChI is InChI=1S/C12H15ClFN/c13-11-4-5-12(14)10(8-11)9-15-6-2-1-3-7-15/h4-5,8H,1-3,6-7,9H2. The van der Waals surface area contributed by atoms with E-state index in [2.05, 4.69) is 4.90 Å². The normalized spacial score (nSPS) is 18.0. The molecular formula is C12H15ClFN. The summed E-state index contributed by atoms with van der Waals surface area (Å²) in [7, 11) is 0. The number of nitrogens with zero attached hydrogens (tertiary/aromatic N) is 1. The number of hydrogen-bond donors (Lipinski definition) is 0. The maximum Gasteiger partial charge on any atom is 0.127 e. The minimum atomic E-state index is -0.148. The van der Waals surface area contributed by atoms with Crippen LogP contribution in [0.2, 0.25) is 5.02 Å². The fraction of sp³-hybridized carbons (Fsp3) is 0.500. The van der Waals surface area contributed by atoms with Gasteiger partial charge < -0.3 is 0 Å². The number of likely N-dealkylation sites (tertiary alicyclic amines) is 1. The summed E-state index contributed by atoms with van der Waals surface area (Å²) in [4.78, 5) is 2.29. The van der Waals surface area contributed by atoms with Crippen LogP contribution in [0.3, 0.4) is 0 Å². The number of hydrogen-bond acceptors (Lipinski definition) is 1. The van der Waals surface area contributed by atoms with Crippen LogP contribution in [0.4, 0.5) is 4.39 Å². The SMILES string of the molecule is Fc1ccc(Cl)cc1CN1CCCCC1. The lowest BCUT2D eigenvalue weighted by Crippen LogP contribution is -2.29. The first-order chi connectivity index (χ1) is 7.25. The van der Waals surface area contributed by atoms with E-state index in [4.69, 9.17) is 11.6 Å². The molecule has 1 nitrogen and oxygen atoms in total. The van der Waals surface area contributed by atoms with E-state index in [9.17, 15) is 4.39 Å². The van der Waals surface area contributed by atoms with E-state index in [1.165, 1.54) is 25.3 Å². The summed E-state index contributed by atoms with van der Waals surface area (Å²) in [5, 5.41) is 0.614. The minimum Gasteiger partial charge on any atom is -0.299 e. The van der Waals surface area contributed by atoms with Gasteiger partial charge in [0.15, 0.2) is 0 Å². The summed E-state index contributed by atoms with van der Waals surface area (Å²) in [6.45, 7) is 2.84. The topological polar surface area (TPSA) is 3.24 Å². The Hall–Kier alpha value is -0.600. The molecular weight excluding hydrogens is 213 g/mol. The monoisotopic (exact) mass is 227 g/mol. The molecule has 1 aromatic rings. The summed E-state index contributed by atoms with van der Waals surface area (Å²) >= 11 is 5.85. The number of piperidine rings is 1. The van der Waals surface area contributed by atoms with Crippen molar-refractivity contribution in [2.45, 2.75) is 25.8 Å². The highest BCUT2D eigenvalue weighted by Gasteiger charge is 2.12. The second kappa shape index (κ2) is 4.95. The molecule has 0 aliphatic carbocycles. The van der Waals surface area contributed by atoms with Gasteiger partial charge in [-0.2, -0.15) is 0 Å². The van der Waals surface area contributed by atoms with Crippen molar-refractivity contribution in [3.05, 3.63) is 34.6 Å². The van der Waals surface area contributed by atoms with Crippen molar-refractivity contribution < 1.29 is 4.39 Å². The van der Waals surface area contributed by atoms with Crippen LogP contribution in [-0.4, -0.2) is 18.0 Å². The zero-order valence-electron chi connectivity index (χ0n) is 8.68. The molecule has 1 aromatic carbocycles. The smallest absolute Gasteiger partial charge is 0.127 e. The van der Waals surface area contributed by atoms with E-state index in [0.29, 0.717) is 17.1 Å². The van der Waals surface area contributed by atoms with Gasteiger partial charge in [-0.25, -0.2) is 4.39 Å². The van der Waals surface area contributed by atoms with Crippen molar-refractivity contribution in [3.8, 4) is 0 Å². The molecule has 1 saturated heterocycles. The molecule has 3 heteroatoms. The van der Waals surface area contributed by atoms with E-state index < -0.39 is 0 Å². The molecule has 0 aromatic heterocycles. The van der Waals surface area contributed by atoms with Crippen LogP contribution in [0.15, 0.2) is 18.2 Å². The van der Waals surface area contributed by atoms with Gasteiger partial charge in [-0.1, -0.05) is 18.0 Å². The number of rotatable bonds is 2. The van der Waals surface area contributed by atoms with Gasteiger partial charge in [-0.15, -0.1) is 0 Å². The third kappa shape index (κ3) is 2.93. The molecule has 0 atom stereocenters. The second-order valence-corrected chi connectivity index (χ2v) is 4.51. The van der Waals surface area contributed by atoms with Gasteiger partial charge in [0.1, 0.15) is 5.82 Å². The van der Waals surface area contributed by atoms with Crippen LogP contribution in [0, 0.1) is 5.82 Å². The van der Waals surface area contributed by atoms with Crippen molar-refractivity contribution in [2.75, 3.05) is 13.1 Å². The molecule has 1 aliphatic heterocycles. The van der Waals surface area contributed by atoms with Crippen molar-refractivity contribution >= 4 is 11.6 Å². The third-order valence-electron chi connectivity index (χ3n) is 2.85. The summed E-state index contributed by atoms with van der Waals surface area (Å²) < 4.78 is 13.4. The molecule has 0 saturated carbocycles. The summed E-state index contributed by atoms with van der Waals surface area (Å²) in [6, 6.07) is 4.77. The van der Waals surface area contributed by atoms with Gasteiger partial charge in [-0.3, -0.25) is 4.90 Å². The van der Waals surface area contributed by atoms with Crippen LogP contribution in [0.25, 0.3) is 0 Å². The van der Waals surface area contributed by atoms with E-state index >= 15 is 0 Å². The molecule has 1 aliphatic rings. The van der Waals surface area contributed by atoms with Gasteiger partial charge in [0, 0.05) is 17.1 Å². The highest BCUT2D eigenvalue weighted by molar-refractivity contribution is 6.30. The fourth-order valence-electron chi connectivity index (χ4n) is 2.02. The van der Waals surface area contributed by atoms with Gasteiger partial charge in [-0.05, 0) is 44.1 Å². The van der Waals surface area contributed by atoms with E-state index in [0.717, 1.165) is 13.1 Å². The molecule has 0 bridgehead atoms. The maximum atomic E-state index is 13.4. The highest BCUT2D eigenvalue weighted by Crippen LogP contribution is 2.18. The van der Waals surface area contributed by atoms with Crippen LogP contribution in [-0.2, 0) is 6.54 Å². The molecule has 1 fully saturated rings. The molecule has 2 rings (SSSR count). The first-order valence-electron chi connectivity index (χ1n) is 5.42. The maximum absolute atomic E-state index is 13.4. The van der Waals surface area contributed by atoms with Gasteiger partial charge in [0.05, 0.1) is 0 Å². The molecule has 15 heavy (non-hydrogen) atoms. The van der Waals surface area contributed by atoms with Gasteiger partial charge in [0.2, 0.25) is 0 Å². The first-order valence-corrected chi connectivity index (χ1v) is 5.80. The average Bonchev–Trinajstić information content (AvgIpc) is 2.25. The fourth-order valence-corrected chi connectivity index (χ4v) is 2.22. The van der Waals surface area contributed by atoms with Crippen molar-refractivity contribution in [1.82, 2.24) is 4.90 Å². The zero-order chi connectivity index (χ0) is 10.7. The van der Waals surface area contributed by atoms with E-state index in [1.807, 2.05) is 0 Å². The predicted molar refractivity (Wildman–Crippen MR) is 60.5 cm³/mol. The van der Waals surface area contributed by atoms with E-state index in [1.54, 1.807) is 12.1 Å². The number of halogens is 2. The van der Waals surface area contributed by atoms with Crippen LogP contribution < -0.4 is 0 Å². The van der Waals surface area contributed by atoms with Crippen molar-refractivity contribution in [2.24, 2.45) is 0 Å². The quantitative estimate of drug-likeness (QED) is 0.748. The lowest BCUT2D eigenvalue weighted by atomic mass is 10.1. The van der Waals surface area contributed by atoms with Crippen molar-refractivity contribution in [3.63, 3.8) is 0 Å². The Balaban J connectivity index is 2.05. The van der Waals surface area contributed by atoms with Crippen LogP contribution >= 0.6 is 11.6 Å². The average molecular weight is 228 g/mol. The van der Waals surface area contributed by atoms with Crippen LogP contribution in [0.1, 0.15) is 24.8 Å². The Kier molecular flexibility index (Phi) is 3.60. The second-order valence-electron chi connectivity index (χ2n) is 4.07. The molecule has 0 N–H and O–H groups in total. The lowest BCUT2D eigenvalue weighted by Gasteiger charge is -2.26. The number of benzene rings is 1. The first kappa shape index (κ1) is 10.9. The molecule has 0 radical (unpaired) electrons. The largest absolute Gasteiger partial charge is 0.299 e.